The van der Waals surface area contributed by atoms with Gasteiger partial charge in [0.1, 0.15) is 5.82 Å². The van der Waals surface area contributed by atoms with Gasteiger partial charge < -0.3 is 0 Å². The van der Waals surface area contributed by atoms with E-state index >= 15 is 0 Å². The van der Waals surface area contributed by atoms with Gasteiger partial charge in [-0.15, -0.1) is 11.6 Å². The topological polar surface area (TPSA) is 3.24 Å². The van der Waals surface area contributed by atoms with Crippen LogP contribution in [0, 0.1) is 18.7 Å². The molecule has 2 rings (SSSR count). The van der Waals surface area contributed by atoms with Crippen molar-refractivity contribution < 1.29 is 4.39 Å². The Labute approximate surface area is 108 Å². The molecule has 1 aliphatic rings. The van der Waals surface area contributed by atoms with Gasteiger partial charge >= 0.3 is 0 Å². The molecule has 0 spiro atoms. The number of rotatable bonds is 3. The quantitative estimate of drug-likeness (QED) is 0.747. The van der Waals surface area contributed by atoms with Crippen molar-refractivity contribution in [2.24, 2.45) is 5.92 Å². The highest BCUT2D eigenvalue weighted by atomic mass is 35.5. The highest BCUT2D eigenvalue weighted by molar-refractivity contribution is 6.18. The van der Waals surface area contributed by atoms with Crippen LogP contribution in [-0.2, 0) is 6.54 Å². The molecule has 2 atom stereocenters. The molecule has 2 unspecified atom stereocenters. The Bertz CT molecular complexity index is 394. The smallest absolute Gasteiger partial charge is 0.123 e. The van der Waals surface area contributed by atoms with Crippen molar-refractivity contribution in [3.05, 3.63) is 35.1 Å². The van der Waals surface area contributed by atoms with Crippen LogP contribution >= 0.6 is 11.6 Å². The van der Waals surface area contributed by atoms with Crippen LogP contribution in [0.2, 0.25) is 0 Å². The Morgan fingerprint density at radius 3 is 2.88 bits per heavy atom. The fourth-order valence-corrected chi connectivity index (χ4v) is 3.09. The van der Waals surface area contributed by atoms with Crippen molar-refractivity contribution >= 4 is 11.6 Å². The Kier molecular flexibility index (Phi) is 4.05. The third kappa shape index (κ3) is 2.80. The van der Waals surface area contributed by atoms with Crippen molar-refractivity contribution in [3.63, 3.8) is 0 Å². The molecule has 1 aromatic carbocycles. The number of likely N-dealkylation sites (tertiary alicyclic amines) is 1. The standard InChI is InChI=1S/C14H19ClFN/c1-10-5-6-17(14(10)8-15)9-12-3-4-13(16)7-11(12)2/h3-4,7,10,14H,5-6,8-9H2,1-2H3. The van der Waals surface area contributed by atoms with E-state index in [0.717, 1.165) is 18.7 Å². The van der Waals surface area contributed by atoms with Gasteiger partial charge in [0.05, 0.1) is 0 Å². The first-order valence-electron chi connectivity index (χ1n) is 6.17. The normalized spacial score (nSPS) is 25.4. The fraction of sp³-hybridized carbons (Fsp3) is 0.571. The summed E-state index contributed by atoms with van der Waals surface area (Å²) in [6, 6.07) is 5.49. The first-order chi connectivity index (χ1) is 8.11. The minimum absolute atomic E-state index is 0.157. The van der Waals surface area contributed by atoms with E-state index in [-0.39, 0.29) is 5.82 Å². The summed E-state index contributed by atoms with van der Waals surface area (Å²) in [5, 5.41) is 0. The molecule has 0 aliphatic carbocycles. The molecule has 0 aromatic heterocycles. The highest BCUT2D eigenvalue weighted by Gasteiger charge is 2.30. The predicted octanol–water partition coefficient (Wildman–Crippen LogP) is 3.58. The van der Waals surface area contributed by atoms with E-state index in [2.05, 4.69) is 11.8 Å². The second kappa shape index (κ2) is 5.36. The van der Waals surface area contributed by atoms with E-state index in [4.69, 9.17) is 11.6 Å². The molecule has 0 radical (unpaired) electrons. The number of benzene rings is 1. The van der Waals surface area contributed by atoms with Gasteiger partial charge in [0.2, 0.25) is 0 Å². The molecule has 1 aromatic rings. The summed E-state index contributed by atoms with van der Waals surface area (Å²) in [4.78, 5) is 2.41. The molecule has 1 saturated heterocycles. The van der Waals surface area contributed by atoms with Gasteiger partial charge in [-0.25, -0.2) is 4.39 Å². The van der Waals surface area contributed by atoms with E-state index in [1.807, 2.05) is 13.0 Å². The zero-order valence-electron chi connectivity index (χ0n) is 10.4. The second-order valence-electron chi connectivity index (χ2n) is 5.03. The molecule has 0 bridgehead atoms. The SMILES string of the molecule is Cc1cc(F)ccc1CN1CCC(C)C1CCl. The first kappa shape index (κ1) is 12.8. The predicted molar refractivity (Wildman–Crippen MR) is 69.8 cm³/mol. The van der Waals surface area contributed by atoms with Crippen LogP contribution in [0.3, 0.4) is 0 Å². The number of aryl methyl sites for hydroxylation is 1. The zero-order chi connectivity index (χ0) is 12.4. The summed E-state index contributed by atoms with van der Waals surface area (Å²) in [5.74, 6) is 1.18. The monoisotopic (exact) mass is 255 g/mol. The lowest BCUT2D eigenvalue weighted by Crippen LogP contribution is -2.33. The van der Waals surface area contributed by atoms with Crippen LogP contribution in [-0.4, -0.2) is 23.4 Å². The molecule has 17 heavy (non-hydrogen) atoms. The Balaban J connectivity index is 2.10. The van der Waals surface area contributed by atoms with Crippen LogP contribution in [0.25, 0.3) is 0 Å². The van der Waals surface area contributed by atoms with Crippen LogP contribution in [0.5, 0.6) is 0 Å². The van der Waals surface area contributed by atoms with Gasteiger partial charge in [0.25, 0.3) is 0 Å². The summed E-state index contributed by atoms with van der Waals surface area (Å²) >= 11 is 6.03. The molecule has 0 amide bonds. The van der Waals surface area contributed by atoms with E-state index in [1.54, 1.807) is 6.07 Å². The molecule has 0 saturated carbocycles. The van der Waals surface area contributed by atoms with E-state index in [9.17, 15) is 4.39 Å². The van der Waals surface area contributed by atoms with Gasteiger partial charge in [0.15, 0.2) is 0 Å². The average Bonchev–Trinajstić information content (AvgIpc) is 2.63. The van der Waals surface area contributed by atoms with Crippen LogP contribution in [0.15, 0.2) is 18.2 Å². The summed E-state index contributed by atoms with van der Waals surface area (Å²) in [7, 11) is 0. The molecule has 1 nitrogen and oxygen atoms in total. The largest absolute Gasteiger partial charge is 0.295 e. The molecule has 1 fully saturated rings. The molecule has 3 heteroatoms. The van der Waals surface area contributed by atoms with E-state index < -0.39 is 0 Å². The van der Waals surface area contributed by atoms with Crippen LogP contribution in [0.1, 0.15) is 24.5 Å². The number of alkyl halides is 1. The first-order valence-corrected chi connectivity index (χ1v) is 6.70. The third-order valence-electron chi connectivity index (χ3n) is 3.83. The Hall–Kier alpha value is -0.600. The van der Waals surface area contributed by atoms with Crippen LogP contribution < -0.4 is 0 Å². The maximum atomic E-state index is 13.0. The molecular weight excluding hydrogens is 237 g/mol. The fourth-order valence-electron chi connectivity index (χ4n) is 2.59. The third-order valence-corrected chi connectivity index (χ3v) is 4.15. The molecule has 1 aliphatic heterocycles. The van der Waals surface area contributed by atoms with Crippen molar-refractivity contribution in [3.8, 4) is 0 Å². The van der Waals surface area contributed by atoms with Crippen molar-refractivity contribution in [2.75, 3.05) is 12.4 Å². The van der Waals surface area contributed by atoms with Crippen molar-refractivity contribution in [1.82, 2.24) is 4.90 Å². The summed E-state index contributed by atoms with van der Waals surface area (Å²) in [5.41, 5.74) is 2.23. The van der Waals surface area contributed by atoms with Crippen molar-refractivity contribution in [2.45, 2.75) is 32.9 Å². The number of hydrogen-bond donors (Lipinski definition) is 0. The van der Waals surface area contributed by atoms with Gasteiger partial charge in [-0.1, -0.05) is 13.0 Å². The molecule has 94 valence electrons. The maximum Gasteiger partial charge on any atom is 0.123 e. The summed E-state index contributed by atoms with van der Waals surface area (Å²) in [6.45, 7) is 6.20. The molecule has 1 heterocycles. The lowest BCUT2D eigenvalue weighted by atomic mass is 10.0. The van der Waals surface area contributed by atoms with Gasteiger partial charge in [-0.05, 0) is 49.1 Å². The lowest BCUT2D eigenvalue weighted by Gasteiger charge is -2.25. The summed E-state index contributed by atoms with van der Waals surface area (Å²) in [6.07, 6.45) is 1.21. The Morgan fingerprint density at radius 1 is 1.47 bits per heavy atom. The highest BCUT2D eigenvalue weighted by Crippen LogP contribution is 2.27. The van der Waals surface area contributed by atoms with Gasteiger partial charge in [-0.3, -0.25) is 4.90 Å². The van der Waals surface area contributed by atoms with Gasteiger partial charge in [-0.2, -0.15) is 0 Å². The van der Waals surface area contributed by atoms with Crippen molar-refractivity contribution in [1.29, 1.82) is 0 Å². The lowest BCUT2D eigenvalue weighted by molar-refractivity contribution is 0.241. The number of halogens is 2. The minimum Gasteiger partial charge on any atom is -0.295 e. The maximum absolute atomic E-state index is 13.0. The van der Waals surface area contributed by atoms with Crippen LogP contribution in [0.4, 0.5) is 4.39 Å². The second-order valence-corrected chi connectivity index (χ2v) is 5.34. The zero-order valence-corrected chi connectivity index (χ0v) is 11.2. The number of hydrogen-bond acceptors (Lipinski definition) is 1. The van der Waals surface area contributed by atoms with E-state index in [0.29, 0.717) is 17.8 Å². The summed E-state index contributed by atoms with van der Waals surface area (Å²) < 4.78 is 13.0. The Morgan fingerprint density at radius 2 is 2.24 bits per heavy atom. The average molecular weight is 256 g/mol. The molecule has 0 N–H and O–H groups in total. The number of nitrogens with zero attached hydrogens (tertiary/aromatic N) is 1. The van der Waals surface area contributed by atoms with E-state index in [1.165, 1.54) is 18.1 Å². The minimum atomic E-state index is -0.157. The molecular formula is C14H19ClFN. The van der Waals surface area contributed by atoms with Gasteiger partial charge in [0, 0.05) is 18.5 Å².